The number of hydrogen-bond acceptors (Lipinski definition) is 4. The van der Waals surface area contributed by atoms with Crippen molar-refractivity contribution in [1.29, 1.82) is 0 Å². The highest BCUT2D eigenvalue weighted by atomic mass is 32.2. The van der Waals surface area contributed by atoms with Crippen LogP contribution in [0.3, 0.4) is 0 Å². The van der Waals surface area contributed by atoms with Crippen LogP contribution in [-0.4, -0.2) is 37.0 Å². The molecule has 0 aromatic rings. The Bertz CT molecular complexity index is 246. The summed E-state index contributed by atoms with van der Waals surface area (Å²) in [5, 5.41) is 1.48. The molecule has 2 rings (SSSR count). The summed E-state index contributed by atoms with van der Waals surface area (Å²) in [6, 6.07) is 0.106. The van der Waals surface area contributed by atoms with Gasteiger partial charge in [-0.3, -0.25) is 5.84 Å². The number of rotatable bonds is 0. The first-order valence-electron chi connectivity index (χ1n) is 3.32. The zero-order valence-corrected chi connectivity index (χ0v) is 6.34. The molecule has 4 nitrogen and oxygen atoms in total. The molecule has 2 aliphatic heterocycles. The van der Waals surface area contributed by atoms with Crippen molar-refractivity contribution in [2.75, 3.05) is 12.3 Å². The summed E-state index contributed by atoms with van der Waals surface area (Å²) in [5.41, 5.74) is 0. The molecule has 2 heterocycles. The van der Waals surface area contributed by atoms with Gasteiger partial charge in [0, 0.05) is 12.6 Å². The Morgan fingerprint density at radius 3 is 2.50 bits per heavy atom. The van der Waals surface area contributed by atoms with Gasteiger partial charge in [-0.15, -0.1) is 0 Å². The number of hydrazine groups is 1. The van der Waals surface area contributed by atoms with E-state index in [-0.39, 0.29) is 17.0 Å². The van der Waals surface area contributed by atoms with E-state index < -0.39 is 9.84 Å². The highest BCUT2D eigenvalue weighted by Crippen LogP contribution is 2.30. The summed E-state index contributed by atoms with van der Waals surface area (Å²) < 4.78 is 22.2. The van der Waals surface area contributed by atoms with Crippen LogP contribution in [-0.2, 0) is 9.84 Å². The second-order valence-electron chi connectivity index (χ2n) is 3.04. The summed E-state index contributed by atoms with van der Waals surface area (Å²) >= 11 is 0. The van der Waals surface area contributed by atoms with Gasteiger partial charge in [0.1, 0.15) is 0 Å². The molecule has 0 aromatic carbocycles. The van der Waals surface area contributed by atoms with E-state index >= 15 is 0 Å². The van der Waals surface area contributed by atoms with E-state index in [0.717, 1.165) is 6.42 Å². The summed E-state index contributed by atoms with van der Waals surface area (Å²) in [5.74, 6) is 5.78. The molecule has 0 spiro atoms. The van der Waals surface area contributed by atoms with Gasteiger partial charge in [-0.05, 0) is 6.42 Å². The Morgan fingerprint density at radius 1 is 1.50 bits per heavy atom. The van der Waals surface area contributed by atoms with Gasteiger partial charge in [0.25, 0.3) is 0 Å². The lowest BCUT2D eigenvalue weighted by molar-refractivity contribution is 0.275. The highest BCUT2D eigenvalue weighted by molar-refractivity contribution is 7.92. The number of fused-ring (bicyclic) bond motifs is 2. The van der Waals surface area contributed by atoms with Crippen molar-refractivity contribution in [2.45, 2.75) is 17.7 Å². The molecule has 2 aliphatic rings. The van der Waals surface area contributed by atoms with Crippen LogP contribution in [0.1, 0.15) is 6.42 Å². The Labute approximate surface area is 59.9 Å². The summed E-state index contributed by atoms with van der Waals surface area (Å²) in [6.07, 6.45) is 0.749. The molecule has 0 aliphatic carbocycles. The number of nitrogens with two attached hydrogens (primary N) is 1. The Kier molecular flexibility index (Phi) is 1.13. The lowest BCUT2D eigenvalue weighted by Gasteiger charge is -2.20. The lowest BCUT2D eigenvalue weighted by atomic mass is 10.3. The summed E-state index contributed by atoms with van der Waals surface area (Å²) in [6.45, 7) is 0.535. The minimum atomic E-state index is -2.74. The number of sulfone groups is 1. The van der Waals surface area contributed by atoms with Crippen LogP contribution in [0.15, 0.2) is 0 Å². The van der Waals surface area contributed by atoms with Crippen molar-refractivity contribution in [2.24, 2.45) is 5.84 Å². The van der Waals surface area contributed by atoms with Crippen LogP contribution in [0.25, 0.3) is 0 Å². The third kappa shape index (κ3) is 0.710. The van der Waals surface area contributed by atoms with Crippen LogP contribution in [0.2, 0.25) is 0 Å². The van der Waals surface area contributed by atoms with Gasteiger partial charge in [0.05, 0.1) is 11.0 Å². The van der Waals surface area contributed by atoms with Crippen LogP contribution < -0.4 is 5.84 Å². The average molecular weight is 162 g/mol. The monoisotopic (exact) mass is 162 g/mol. The predicted molar refractivity (Wildman–Crippen MR) is 36.9 cm³/mol. The van der Waals surface area contributed by atoms with E-state index in [9.17, 15) is 8.42 Å². The lowest BCUT2D eigenvalue weighted by Crippen LogP contribution is -2.44. The van der Waals surface area contributed by atoms with Crippen LogP contribution >= 0.6 is 0 Å². The van der Waals surface area contributed by atoms with E-state index in [1.165, 1.54) is 0 Å². The molecule has 0 saturated carbocycles. The summed E-state index contributed by atoms with van der Waals surface area (Å²) in [7, 11) is -2.74. The first-order chi connectivity index (χ1) is 4.59. The zero-order chi connectivity index (χ0) is 7.35. The molecule has 0 radical (unpaired) electrons. The molecule has 2 saturated heterocycles. The molecule has 2 bridgehead atoms. The van der Waals surface area contributed by atoms with Gasteiger partial charge >= 0.3 is 0 Å². The maximum atomic E-state index is 11.1. The van der Waals surface area contributed by atoms with E-state index in [4.69, 9.17) is 5.84 Å². The number of nitrogens with zero attached hydrogens (tertiary/aromatic N) is 1. The molecule has 10 heavy (non-hydrogen) atoms. The minimum absolute atomic E-state index is 0.106. The maximum absolute atomic E-state index is 11.1. The Morgan fingerprint density at radius 2 is 2.20 bits per heavy atom. The van der Waals surface area contributed by atoms with Crippen molar-refractivity contribution in [3.05, 3.63) is 0 Å². The van der Waals surface area contributed by atoms with Crippen molar-refractivity contribution < 1.29 is 8.42 Å². The molecule has 0 aromatic heterocycles. The second kappa shape index (κ2) is 1.72. The molecule has 2 N–H and O–H groups in total. The van der Waals surface area contributed by atoms with E-state index in [1.54, 1.807) is 5.01 Å². The van der Waals surface area contributed by atoms with Crippen molar-refractivity contribution in [3.63, 3.8) is 0 Å². The van der Waals surface area contributed by atoms with Crippen molar-refractivity contribution in [3.8, 4) is 0 Å². The quantitative estimate of drug-likeness (QED) is 0.451. The van der Waals surface area contributed by atoms with Gasteiger partial charge in [0.2, 0.25) is 0 Å². The first-order valence-corrected chi connectivity index (χ1v) is 5.04. The van der Waals surface area contributed by atoms with Crippen molar-refractivity contribution in [1.82, 2.24) is 5.01 Å². The predicted octanol–water partition coefficient (Wildman–Crippen LogP) is -1.27. The molecule has 2 atom stereocenters. The Hall–Kier alpha value is -0.130. The standard InChI is InChI=1S/C5H10N2O2S/c6-7-2-5-1-4(7)3-10(5,8)9/h4-5H,1-3,6H2. The minimum Gasteiger partial charge on any atom is -0.268 e. The zero-order valence-electron chi connectivity index (χ0n) is 5.53. The SMILES string of the molecule is NN1CC2CC1CS2(=O)=O. The topological polar surface area (TPSA) is 63.4 Å². The third-order valence-corrected chi connectivity index (χ3v) is 4.56. The number of hydrogen-bond donors (Lipinski definition) is 1. The van der Waals surface area contributed by atoms with Gasteiger partial charge in [-0.2, -0.15) is 0 Å². The second-order valence-corrected chi connectivity index (χ2v) is 5.36. The molecular weight excluding hydrogens is 152 g/mol. The molecule has 58 valence electrons. The van der Waals surface area contributed by atoms with Gasteiger partial charge < -0.3 is 0 Å². The average Bonchev–Trinajstić information content (AvgIpc) is 2.21. The molecule has 2 fully saturated rings. The van der Waals surface area contributed by atoms with E-state index in [0.29, 0.717) is 6.54 Å². The van der Waals surface area contributed by atoms with E-state index in [2.05, 4.69) is 0 Å². The highest BCUT2D eigenvalue weighted by Gasteiger charge is 2.47. The Balaban J connectivity index is 2.32. The smallest absolute Gasteiger partial charge is 0.156 e. The van der Waals surface area contributed by atoms with Gasteiger partial charge in [-0.25, -0.2) is 13.4 Å². The third-order valence-electron chi connectivity index (χ3n) is 2.35. The first kappa shape index (κ1) is 6.57. The molecule has 2 unspecified atom stereocenters. The van der Waals surface area contributed by atoms with E-state index in [1.807, 2.05) is 0 Å². The molecule has 0 amide bonds. The van der Waals surface area contributed by atoms with Gasteiger partial charge in [-0.1, -0.05) is 0 Å². The fraction of sp³-hybridized carbons (Fsp3) is 1.00. The molecule has 5 heteroatoms. The normalized spacial score (nSPS) is 44.5. The van der Waals surface area contributed by atoms with Crippen molar-refractivity contribution >= 4 is 9.84 Å². The fourth-order valence-corrected chi connectivity index (χ4v) is 3.78. The maximum Gasteiger partial charge on any atom is 0.156 e. The van der Waals surface area contributed by atoms with Crippen LogP contribution in [0.5, 0.6) is 0 Å². The molecular formula is C5H10N2O2S. The van der Waals surface area contributed by atoms with Crippen LogP contribution in [0.4, 0.5) is 0 Å². The largest absolute Gasteiger partial charge is 0.268 e. The van der Waals surface area contributed by atoms with Crippen LogP contribution in [0, 0.1) is 0 Å². The van der Waals surface area contributed by atoms with Gasteiger partial charge in [0.15, 0.2) is 9.84 Å². The fourth-order valence-electron chi connectivity index (χ4n) is 1.73. The summed E-state index contributed by atoms with van der Waals surface area (Å²) in [4.78, 5) is 0.